The van der Waals surface area contributed by atoms with Crippen LogP contribution in [0.1, 0.15) is 19.0 Å². The summed E-state index contributed by atoms with van der Waals surface area (Å²) in [7, 11) is 0. The van der Waals surface area contributed by atoms with Crippen LogP contribution in [0.3, 0.4) is 0 Å². The van der Waals surface area contributed by atoms with Gasteiger partial charge in [-0.2, -0.15) is 5.10 Å². The molecule has 2 heteroatoms. The molecule has 0 fully saturated rings. The fraction of sp³-hybridized carbons (Fsp3) is 0.571. The Morgan fingerprint density at radius 1 is 1.78 bits per heavy atom. The zero-order valence-electron chi connectivity index (χ0n) is 5.89. The molecule has 1 aromatic rings. The predicted molar refractivity (Wildman–Crippen MR) is 36.1 cm³/mol. The van der Waals surface area contributed by atoms with Gasteiger partial charge in [-0.3, -0.25) is 4.68 Å². The highest BCUT2D eigenvalue weighted by Gasteiger charge is 1.92. The van der Waals surface area contributed by atoms with E-state index in [1.54, 1.807) is 0 Å². The van der Waals surface area contributed by atoms with E-state index in [4.69, 9.17) is 0 Å². The maximum atomic E-state index is 4.00. The minimum atomic E-state index is 1.01. The molecule has 1 heterocycles. The molecule has 0 bridgehead atoms. The summed E-state index contributed by atoms with van der Waals surface area (Å²) in [5, 5.41) is 4.00. The Morgan fingerprint density at radius 2 is 2.56 bits per heavy atom. The first kappa shape index (κ1) is 6.33. The number of hydrogen-bond acceptors (Lipinski definition) is 1. The van der Waals surface area contributed by atoms with Crippen LogP contribution < -0.4 is 0 Å². The molecule has 0 spiro atoms. The highest BCUT2D eigenvalue weighted by atomic mass is 15.3. The lowest BCUT2D eigenvalue weighted by atomic mass is 10.4. The van der Waals surface area contributed by atoms with Gasteiger partial charge in [-0.1, -0.05) is 6.92 Å². The fourth-order valence-electron chi connectivity index (χ4n) is 0.784. The van der Waals surface area contributed by atoms with Crippen molar-refractivity contribution in [2.75, 3.05) is 0 Å². The first-order valence-corrected chi connectivity index (χ1v) is 3.25. The molecule has 9 heavy (non-hydrogen) atoms. The molecule has 0 atom stereocenters. The Morgan fingerprint density at radius 3 is 3.00 bits per heavy atom. The van der Waals surface area contributed by atoms with Crippen molar-refractivity contribution in [1.29, 1.82) is 0 Å². The van der Waals surface area contributed by atoms with Crippen LogP contribution in [0, 0.1) is 13.1 Å². The van der Waals surface area contributed by atoms with E-state index < -0.39 is 0 Å². The zero-order valence-corrected chi connectivity index (χ0v) is 5.89. The second-order valence-corrected chi connectivity index (χ2v) is 2.14. The van der Waals surface area contributed by atoms with Gasteiger partial charge in [0.1, 0.15) is 6.20 Å². The summed E-state index contributed by atoms with van der Waals surface area (Å²) in [6.45, 7) is 5.19. The molecule has 0 aliphatic rings. The monoisotopic (exact) mass is 123 g/mol. The van der Waals surface area contributed by atoms with Crippen LogP contribution in [0.2, 0.25) is 0 Å². The van der Waals surface area contributed by atoms with Crippen molar-refractivity contribution in [3.05, 3.63) is 18.0 Å². The first-order valence-electron chi connectivity index (χ1n) is 3.25. The average Bonchev–Trinajstić information content (AvgIpc) is 2.18. The van der Waals surface area contributed by atoms with E-state index in [2.05, 4.69) is 18.2 Å². The van der Waals surface area contributed by atoms with Gasteiger partial charge in [0.05, 0.1) is 0 Å². The Kier molecular flexibility index (Phi) is 1.88. The quantitative estimate of drug-likeness (QED) is 0.581. The lowest BCUT2D eigenvalue weighted by Crippen LogP contribution is -2.00. The van der Waals surface area contributed by atoms with Crippen molar-refractivity contribution >= 4 is 0 Å². The van der Waals surface area contributed by atoms with Crippen LogP contribution >= 0.6 is 0 Å². The van der Waals surface area contributed by atoms with Crippen LogP contribution in [0.15, 0.2) is 6.07 Å². The molecule has 0 aromatic carbocycles. The van der Waals surface area contributed by atoms with Gasteiger partial charge in [0, 0.05) is 12.2 Å². The molecule has 0 saturated carbocycles. The molecule has 0 aliphatic heterocycles. The Balaban J connectivity index is 2.69. The second-order valence-electron chi connectivity index (χ2n) is 2.14. The Hall–Kier alpha value is -0.790. The lowest BCUT2D eigenvalue weighted by molar-refractivity contribution is 0.586. The topological polar surface area (TPSA) is 17.8 Å². The third-order valence-electron chi connectivity index (χ3n) is 1.29. The van der Waals surface area contributed by atoms with Gasteiger partial charge >= 0.3 is 0 Å². The minimum absolute atomic E-state index is 1.01. The lowest BCUT2D eigenvalue weighted by Gasteiger charge is -1.98. The van der Waals surface area contributed by atoms with E-state index in [-0.39, 0.29) is 0 Å². The molecular formula is C7H11N2. The van der Waals surface area contributed by atoms with Crippen molar-refractivity contribution in [3.8, 4) is 0 Å². The first-order chi connectivity index (χ1) is 4.34. The van der Waals surface area contributed by atoms with Gasteiger partial charge in [0.2, 0.25) is 0 Å². The van der Waals surface area contributed by atoms with Crippen molar-refractivity contribution in [2.45, 2.75) is 26.8 Å². The third kappa shape index (κ3) is 1.31. The molecule has 1 radical (unpaired) electrons. The molecule has 49 valence electrons. The van der Waals surface area contributed by atoms with Crippen LogP contribution in [-0.2, 0) is 6.54 Å². The smallest absolute Gasteiger partial charge is 0.113 e. The van der Waals surface area contributed by atoms with Crippen LogP contribution in [0.5, 0.6) is 0 Å². The van der Waals surface area contributed by atoms with E-state index >= 15 is 0 Å². The second kappa shape index (κ2) is 2.67. The summed E-state index contributed by atoms with van der Waals surface area (Å²) in [6.07, 6.45) is 3.93. The number of hydrogen-bond donors (Lipinski definition) is 0. The van der Waals surface area contributed by atoms with E-state index in [1.165, 1.54) is 5.69 Å². The standard InChI is InChI=1S/C7H11N2/c1-3-6-9-7(2)4-5-8-9/h4H,3,6H2,1-2H3. The van der Waals surface area contributed by atoms with Crippen LogP contribution in [0.25, 0.3) is 0 Å². The average molecular weight is 123 g/mol. The molecule has 0 unspecified atom stereocenters. The number of nitrogens with zero attached hydrogens (tertiary/aromatic N) is 2. The van der Waals surface area contributed by atoms with E-state index in [9.17, 15) is 0 Å². The summed E-state index contributed by atoms with van der Waals surface area (Å²) in [6, 6.07) is 1.90. The summed E-state index contributed by atoms with van der Waals surface area (Å²) >= 11 is 0. The van der Waals surface area contributed by atoms with E-state index in [1.807, 2.05) is 17.7 Å². The maximum absolute atomic E-state index is 4.00. The largest absolute Gasteiger partial charge is 0.269 e. The van der Waals surface area contributed by atoms with Gasteiger partial charge in [-0.05, 0) is 19.4 Å². The summed E-state index contributed by atoms with van der Waals surface area (Å²) in [5.41, 5.74) is 1.19. The third-order valence-corrected chi connectivity index (χ3v) is 1.29. The van der Waals surface area contributed by atoms with Crippen molar-refractivity contribution in [1.82, 2.24) is 9.78 Å². The van der Waals surface area contributed by atoms with Crippen LogP contribution in [0.4, 0.5) is 0 Å². The zero-order chi connectivity index (χ0) is 6.69. The molecule has 1 rings (SSSR count). The molecule has 1 aromatic heterocycles. The summed E-state index contributed by atoms with van der Waals surface area (Å²) in [4.78, 5) is 0. The van der Waals surface area contributed by atoms with Gasteiger partial charge in [0.15, 0.2) is 0 Å². The Labute approximate surface area is 55.5 Å². The van der Waals surface area contributed by atoms with Gasteiger partial charge in [-0.15, -0.1) is 0 Å². The van der Waals surface area contributed by atoms with Crippen molar-refractivity contribution < 1.29 is 0 Å². The minimum Gasteiger partial charge on any atom is -0.269 e. The summed E-state index contributed by atoms with van der Waals surface area (Å²) < 4.78 is 1.96. The molecule has 0 saturated heterocycles. The van der Waals surface area contributed by atoms with Crippen molar-refractivity contribution in [3.63, 3.8) is 0 Å². The van der Waals surface area contributed by atoms with E-state index in [0.29, 0.717) is 0 Å². The highest BCUT2D eigenvalue weighted by Crippen LogP contribution is 1.95. The van der Waals surface area contributed by atoms with Crippen molar-refractivity contribution in [2.24, 2.45) is 0 Å². The fourth-order valence-corrected chi connectivity index (χ4v) is 0.784. The molecule has 2 nitrogen and oxygen atoms in total. The van der Waals surface area contributed by atoms with E-state index in [0.717, 1.165) is 13.0 Å². The van der Waals surface area contributed by atoms with Gasteiger partial charge in [0.25, 0.3) is 0 Å². The number of rotatable bonds is 2. The number of aromatic nitrogens is 2. The van der Waals surface area contributed by atoms with Gasteiger partial charge < -0.3 is 0 Å². The molecule has 0 amide bonds. The maximum Gasteiger partial charge on any atom is 0.113 e. The van der Waals surface area contributed by atoms with Gasteiger partial charge in [-0.25, -0.2) is 0 Å². The molecular weight excluding hydrogens is 112 g/mol. The van der Waals surface area contributed by atoms with Crippen LogP contribution in [-0.4, -0.2) is 9.78 Å². The molecule has 0 aliphatic carbocycles. The number of aryl methyl sites for hydroxylation is 2. The SMILES string of the molecule is CCCn1n[c]cc1C. The Bertz CT molecular complexity index is 179. The predicted octanol–water partition coefficient (Wildman–Crippen LogP) is 1.40. The summed E-state index contributed by atoms with van der Waals surface area (Å²) in [5.74, 6) is 0. The highest BCUT2D eigenvalue weighted by molar-refractivity contribution is 4.94. The molecule has 0 N–H and O–H groups in total. The normalized spacial score (nSPS) is 10.0.